The molecule has 0 fully saturated rings. The van der Waals surface area contributed by atoms with Crippen LogP contribution in [0, 0.1) is 0 Å². The Bertz CT molecular complexity index is 800. The molecule has 0 atom stereocenters. The van der Waals surface area contributed by atoms with Gasteiger partial charge in [-0.25, -0.2) is 4.98 Å². The number of aromatic amines is 1. The lowest BCUT2D eigenvalue weighted by molar-refractivity contribution is 0.102. The van der Waals surface area contributed by atoms with E-state index in [1.807, 2.05) is 6.07 Å². The van der Waals surface area contributed by atoms with Gasteiger partial charge in [-0.1, -0.05) is 23.2 Å². The zero-order valence-corrected chi connectivity index (χ0v) is 11.5. The summed E-state index contributed by atoms with van der Waals surface area (Å²) in [5.41, 5.74) is 0.868. The van der Waals surface area contributed by atoms with Crippen LogP contribution in [0.2, 0.25) is 10.0 Å². The predicted octanol–water partition coefficient (Wildman–Crippen LogP) is 3.52. The van der Waals surface area contributed by atoms with Crippen LogP contribution in [0.5, 0.6) is 0 Å². The normalized spacial score (nSPS) is 10.7. The smallest absolute Gasteiger partial charge is 0.258 e. The Labute approximate surface area is 123 Å². The Hall–Kier alpha value is -2.11. The van der Waals surface area contributed by atoms with Crippen molar-refractivity contribution in [3.05, 3.63) is 52.1 Å². The van der Waals surface area contributed by atoms with Gasteiger partial charge in [0.05, 0.1) is 16.0 Å². The highest BCUT2D eigenvalue weighted by atomic mass is 35.5. The second-order valence-electron chi connectivity index (χ2n) is 4.05. The Morgan fingerprint density at radius 3 is 2.90 bits per heavy atom. The van der Waals surface area contributed by atoms with Crippen LogP contribution in [0.15, 0.2) is 36.5 Å². The number of hydrogen-bond acceptors (Lipinski definition) is 3. The van der Waals surface area contributed by atoms with Crippen LogP contribution in [0.3, 0.4) is 0 Å². The largest absolute Gasteiger partial charge is 0.306 e. The summed E-state index contributed by atoms with van der Waals surface area (Å²) >= 11 is 11.8. The van der Waals surface area contributed by atoms with Crippen molar-refractivity contribution in [2.45, 2.75) is 0 Å². The molecule has 3 aromatic rings. The van der Waals surface area contributed by atoms with E-state index in [0.29, 0.717) is 22.1 Å². The maximum absolute atomic E-state index is 12.2. The van der Waals surface area contributed by atoms with Crippen molar-refractivity contribution in [3.63, 3.8) is 0 Å². The summed E-state index contributed by atoms with van der Waals surface area (Å²) in [6.07, 6.45) is 1.63. The minimum Gasteiger partial charge on any atom is -0.306 e. The van der Waals surface area contributed by atoms with Gasteiger partial charge in [0.25, 0.3) is 5.91 Å². The minimum atomic E-state index is -0.346. The number of fused-ring (bicyclic) bond motifs is 1. The standard InChI is InChI=1S/C13H8Cl2N4O/c14-7-3-4-8(10(15)6-7)13(20)17-12-9-2-1-5-16-11(9)18-19-12/h1-6H,(H2,16,17,18,19,20). The molecule has 0 aliphatic rings. The lowest BCUT2D eigenvalue weighted by atomic mass is 10.2. The number of aromatic nitrogens is 3. The predicted molar refractivity (Wildman–Crippen MR) is 78.3 cm³/mol. The number of nitrogens with zero attached hydrogens (tertiary/aromatic N) is 2. The molecule has 0 bridgehead atoms. The Kier molecular flexibility index (Phi) is 3.30. The molecule has 20 heavy (non-hydrogen) atoms. The molecule has 0 spiro atoms. The summed E-state index contributed by atoms with van der Waals surface area (Å²) in [7, 11) is 0. The first-order chi connectivity index (χ1) is 9.65. The minimum absolute atomic E-state index is 0.289. The first-order valence-corrected chi connectivity index (χ1v) is 6.46. The van der Waals surface area contributed by atoms with Gasteiger partial charge in [-0.15, -0.1) is 0 Å². The monoisotopic (exact) mass is 306 g/mol. The molecule has 0 saturated carbocycles. The Balaban J connectivity index is 1.92. The van der Waals surface area contributed by atoms with Crippen molar-refractivity contribution in [2.75, 3.05) is 5.32 Å². The van der Waals surface area contributed by atoms with Crippen LogP contribution in [-0.2, 0) is 0 Å². The summed E-state index contributed by atoms with van der Waals surface area (Å²) < 4.78 is 0. The van der Waals surface area contributed by atoms with Crippen LogP contribution in [0.4, 0.5) is 5.82 Å². The quantitative estimate of drug-likeness (QED) is 0.761. The number of amides is 1. The van der Waals surface area contributed by atoms with E-state index >= 15 is 0 Å². The van der Waals surface area contributed by atoms with Crippen molar-refractivity contribution in [3.8, 4) is 0 Å². The fourth-order valence-corrected chi connectivity index (χ4v) is 2.29. The van der Waals surface area contributed by atoms with Gasteiger partial charge in [0.2, 0.25) is 0 Å². The van der Waals surface area contributed by atoms with Crippen LogP contribution >= 0.6 is 23.2 Å². The van der Waals surface area contributed by atoms with Gasteiger partial charge in [-0.3, -0.25) is 9.89 Å². The van der Waals surface area contributed by atoms with Crippen molar-refractivity contribution < 1.29 is 4.79 Å². The Morgan fingerprint density at radius 2 is 2.10 bits per heavy atom. The van der Waals surface area contributed by atoms with Crippen LogP contribution in [0.1, 0.15) is 10.4 Å². The number of halogens is 2. The summed E-state index contributed by atoms with van der Waals surface area (Å²) in [6.45, 7) is 0. The van der Waals surface area contributed by atoms with Crippen molar-refractivity contribution >= 4 is 46.0 Å². The van der Waals surface area contributed by atoms with Gasteiger partial charge in [-0.05, 0) is 30.3 Å². The lowest BCUT2D eigenvalue weighted by Gasteiger charge is -2.05. The van der Waals surface area contributed by atoms with Gasteiger partial charge in [0.15, 0.2) is 5.65 Å². The van der Waals surface area contributed by atoms with E-state index in [1.165, 1.54) is 6.07 Å². The van der Waals surface area contributed by atoms with Crippen molar-refractivity contribution in [1.82, 2.24) is 15.2 Å². The maximum atomic E-state index is 12.2. The number of H-pyrrole nitrogens is 1. The van der Waals surface area contributed by atoms with Crippen LogP contribution < -0.4 is 5.32 Å². The molecule has 1 amide bonds. The fraction of sp³-hybridized carbons (Fsp3) is 0. The zero-order valence-electron chi connectivity index (χ0n) is 10.0. The summed E-state index contributed by atoms with van der Waals surface area (Å²) in [4.78, 5) is 16.3. The van der Waals surface area contributed by atoms with E-state index in [2.05, 4.69) is 20.5 Å². The lowest BCUT2D eigenvalue weighted by Crippen LogP contribution is -2.12. The van der Waals surface area contributed by atoms with Gasteiger partial charge in [-0.2, -0.15) is 5.10 Å². The van der Waals surface area contributed by atoms with E-state index < -0.39 is 0 Å². The number of nitrogens with one attached hydrogen (secondary N) is 2. The molecule has 0 unspecified atom stereocenters. The number of carbonyl (C=O) groups excluding carboxylic acids is 1. The molecule has 0 aliphatic carbocycles. The average Bonchev–Trinajstić information content (AvgIpc) is 2.82. The fourth-order valence-electron chi connectivity index (χ4n) is 1.80. The number of hydrogen-bond donors (Lipinski definition) is 2. The molecule has 1 aromatic carbocycles. The summed E-state index contributed by atoms with van der Waals surface area (Å²) in [5, 5.41) is 10.9. The number of benzene rings is 1. The molecule has 5 nitrogen and oxygen atoms in total. The number of pyridine rings is 1. The molecule has 2 aromatic heterocycles. The second kappa shape index (κ2) is 5.11. The highest BCUT2D eigenvalue weighted by Gasteiger charge is 2.14. The topological polar surface area (TPSA) is 70.7 Å². The third kappa shape index (κ3) is 2.33. The van der Waals surface area contributed by atoms with E-state index in [0.717, 1.165) is 5.39 Å². The SMILES string of the molecule is O=C(Nc1[nH]nc2ncccc12)c1ccc(Cl)cc1Cl. The molecule has 0 radical (unpaired) electrons. The van der Waals surface area contributed by atoms with Gasteiger partial charge < -0.3 is 5.32 Å². The number of rotatable bonds is 2. The van der Waals surface area contributed by atoms with Gasteiger partial charge >= 0.3 is 0 Å². The highest BCUT2D eigenvalue weighted by molar-refractivity contribution is 6.37. The van der Waals surface area contributed by atoms with E-state index in [9.17, 15) is 4.79 Å². The van der Waals surface area contributed by atoms with Crippen molar-refractivity contribution in [1.29, 1.82) is 0 Å². The molecular formula is C13H8Cl2N4O. The Morgan fingerprint density at radius 1 is 1.25 bits per heavy atom. The molecule has 100 valence electrons. The van der Waals surface area contributed by atoms with E-state index in [1.54, 1.807) is 24.4 Å². The van der Waals surface area contributed by atoms with E-state index in [-0.39, 0.29) is 10.9 Å². The van der Waals surface area contributed by atoms with E-state index in [4.69, 9.17) is 23.2 Å². The molecule has 2 heterocycles. The summed E-state index contributed by atoms with van der Waals surface area (Å²) in [5.74, 6) is 0.130. The highest BCUT2D eigenvalue weighted by Crippen LogP contribution is 2.23. The van der Waals surface area contributed by atoms with Gasteiger partial charge in [0.1, 0.15) is 5.82 Å². The van der Waals surface area contributed by atoms with Crippen LogP contribution in [-0.4, -0.2) is 21.1 Å². The molecule has 3 rings (SSSR count). The van der Waals surface area contributed by atoms with Crippen molar-refractivity contribution in [2.24, 2.45) is 0 Å². The maximum Gasteiger partial charge on any atom is 0.258 e. The first-order valence-electron chi connectivity index (χ1n) is 5.70. The molecule has 0 saturated heterocycles. The number of anilines is 1. The number of carbonyl (C=O) groups is 1. The molecular weight excluding hydrogens is 299 g/mol. The first kappa shape index (κ1) is 12.9. The molecule has 7 heteroatoms. The average molecular weight is 307 g/mol. The second-order valence-corrected chi connectivity index (χ2v) is 4.90. The molecule has 0 aliphatic heterocycles. The third-order valence-electron chi connectivity index (χ3n) is 2.74. The third-order valence-corrected chi connectivity index (χ3v) is 3.29. The summed E-state index contributed by atoms with van der Waals surface area (Å²) in [6, 6.07) is 8.27. The van der Waals surface area contributed by atoms with Crippen LogP contribution in [0.25, 0.3) is 11.0 Å². The zero-order chi connectivity index (χ0) is 14.1. The molecule has 2 N–H and O–H groups in total. The van der Waals surface area contributed by atoms with Gasteiger partial charge in [0, 0.05) is 11.2 Å².